The van der Waals surface area contributed by atoms with Crippen molar-refractivity contribution in [1.29, 1.82) is 0 Å². The summed E-state index contributed by atoms with van der Waals surface area (Å²) in [6.07, 6.45) is -4.85. The monoisotopic (exact) mass is 256 g/mol. The van der Waals surface area contributed by atoms with E-state index in [0.29, 0.717) is 0 Å². The standard InChI is InChI=1S/C5H4BF6N2.K/c1-14-4(6(10,11)12)2-3(13-14)5(7,8)9;/h2H,1H3;/q-1;+1. The molecule has 1 aromatic rings. The van der Waals surface area contributed by atoms with Crippen molar-refractivity contribution in [3.63, 3.8) is 0 Å². The summed E-state index contributed by atoms with van der Waals surface area (Å²) < 4.78 is 72.2. The van der Waals surface area contributed by atoms with Crippen LogP contribution in [0.3, 0.4) is 0 Å². The zero-order valence-electron chi connectivity index (χ0n) is 7.82. The molecule has 1 rings (SSSR count). The van der Waals surface area contributed by atoms with Crippen molar-refractivity contribution >= 4 is 12.6 Å². The molecule has 0 fully saturated rings. The normalized spacial score (nSPS) is 12.5. The van der Waals surface area contributed by atoms with Crippen LogP contribution in [0.2, 0.25) is 0 Å². The Bertz CT molecular complexity index is 342. The van der Waals surface area contributed by atoms with Crippen LogP contribution in [-0.2, 0) is 13.2 Å². The molecule has 0 atom stereocenters. The number of halogens is 6. The summed E-state index contributed by atoms with van der Waals surface area (Å²) in [5.74, 6) is 0. The van der Waals surface area contributed by atoms with E-state index in [2.05, 4.69) is 5.10 Å². The molecular formula is C5H4BF6KN2. The molecule has 15 heavy (non-hydrogen) atoms. The molecule has 0 spiro atoms. The first kappa shape index (κ1) is 15.5. The molecule has 10 heteroatoms. The van der Waals surface area contributed by atoms with Crippen LogP contribution in [0.4, 0.5) is 26.1 Å². The molecule has 0 aromatic carbocycles. The van der Waals surface area contributed by atoms with E-state index in [-0.39, 0.29) is 62.1 Å². The van der Waals surface area contributed by atoms with Gasteiger partial charge in [0.05, 0.1) is 0 Å². The summed E-state index contributed by atoms with van der Waals surface area (Å²) in [7, 11) is 0.819. The average molecular weight is 256 g/mol. The first-order valence-electron chi connectivity index (χ1n) is 3.43. The van der Waals surface area contributed by atoms with E-state index in [9.17, 15) is 26.1 Å². The minimum Gasteiger partial charge on any atom is -0.444 e. The van der Waals surface area contributed by atoms with Crippen LogP contribution in [0.1, 0.15) is 5.69 Å². The van der Waals surface area contributed by atoms with Gasteiger partial charge in [-0.2, -0.15) is 18.3 Å². The molecule has 0 unspecified atom stereocenters. The van der Waals surface area contributed by atoms with Crippen molar-refractivity contribution in [1.82, 2.24) is 9.78 Å². The second-order valence-electron chi connectivity index (χ2n) is 2.65. The predicted octanol–water partition coefficient (Wildman–Crippen LogP) is -1.50. The zero-order chi connectivity index (χ0) is 11.1. The van der Waals surface area contributed by atoms with Gasteiger partial charge in [-0.05, 0) is 11.7 Å². The van der Waals surface area contributed by atoms with Crippen LogP contribution in [0.15, 0.2) is 6.07 Å². The van der Waals surface area contributed by atoms with E-state index >= 15 is 0 Å². The van der Waals surface area contributed by atoms with Gasteiger partial charge in [-0.15, -0.1) is 0 Å². The number of hydrogen-bond acceptors (Lipinski definition) is 1. The third kappa shape index (κ3) is 3.77. The summed E-state index contributed by atoms with van der Waals surface area (Å²) in [6, 6.07) is 0. The van der Waals surface area contributed by atoms with Crippen LogP contribution in [0.5, 0.6) is 0 Å². The maximum Gasteiger partial charge on any atom is 1.00 e. The summed E-state index contributed by atoms with van der Waals surface area (Å²) in [5, 5.41) is 2.74. The molecule has 1 aromatic heterocycles. The van der Waals surface area contributed by atoms with E-state index in [1.807, 2.05) is 0 Å². The van der Waals surface area contributed by atoms with Crippen LogP contribution in [0, 0.1) is 0 Å². The third-order valence-corrected chi connectivity index (χ3v) is 1.54. The second-order valence-corrected chi connectivity index (χ2v) is 2.65. The molecule has 0 aliphatic rings. The quantitative estimate of drug-likeness (QED) is 0.441. The Morgan fingerprint density at radius 2 is 1.73 bits per heavy atom. The van der Waals surface area contributed by atoms with Crippen LogP contribution in [0.25, 0.3) is 0 Å². The molecule has 0 aliphatic heterocycles. The van der Waals surface area contributed by atoms with Gasteiger partial charge in [0.15, 0.2) is 5.69 Å². The number of rotatable bonds is 1. The van der Waals surface area contributed by atoms with Gasteiger partial charge >= 0.3 is 64.5 Å². The van der Waals surface area contributed by atoms with Gasteiger partial charge in [-0.25, -0.2) is 0 Å². The molecular weight excluding hydrogens is 252 g/mol. The Balaban J connectivity index is 0.00000196. The fourth-order valence-corrected chi connectivity index (χ4v) is 0.927. The van der Waals surface area contributed by atoms with E-state index in [1.165, 1.54) is 0 Å². The fourth-order valence-electron chi connectivity index (χ4n) is 0.927. The first-order chi connectivity index (χ1) is 6.12. The van der Waals surface area contributed by atoms with Gasteiger partial charge in [0, 0.05) is 7.05 Å². The Hall–Kier alpha value is 0.491. The van der Waals surface area contributed by atoms with Gasteiger partial charge in [-0.3, -0.25) is 0 Å². The fraction of sp³-hybridized carbons (Fsp3) is 0.400. The topological polar surface area (TPSA) is 17.8 Å². The number of nitrogens with zero attached hydrogens (tertiary/aromatic N) is 2. The number of aromatic nitrogens is 2. The van der Waals surface area contributed by atoms with Gasteiger partial charge in [-0.1, -0.05) is 0 Å². The Morgan fingerprint density at radius 3 is 1.93 bits per heavy atom. The minimum atomic E-state index is -5.46. The van der Waals surface area contributed by atoms with Crippen LogP contribution in [-0.4, -0.2) is 16.8 Å². The molecule has 0 saturated carbocycles. The van der Waals surface area contributed by atoms with Gasteiger partial charge in [0.2, 0.25) is 0 Å². The van der Waals surface area contributed by atoms with Crippen LogP contribution < -0.4 is 57.0 Å². The zero-order valence-corrected chi connectivity index (χ0v) is 10.9. The number of alkyl halides is 3. The van der Waals surface area contributed by atoms with E-state index in [1.54, 1.807) is 0 Å². The van der Waals surface area contributed by atoms with Crippen molar-refractivity contribution in [3.05, 3.63) is 11.8 Å². The van der Waals surface area contributed by atoms with E-state index < -0.39 is 24.4 Å². The average Bonchev–Trinajstić information content (AvgIpc) is 2.27. The molecule has 0 bridgehead atoms. The maximum atomic E-state index is 12.1. The van der Waals surface area contributed by atoms with E-state index in [0.717, 1.165) is 7.05 Å². The van der Waals surface area contributed by atoms with E-state index in [4.69, 9.17) is 0 Å². The number of hydrogen-bond donors (Lipinski definition) is 0. The largest absolute Gasteiger partial charge is 1.00 e. The maximum absolute atomic E-state index is 12.1. The Morgan fingerprint density at radius 1 is 1.27 bits per heavy atom. The SMILES string of the molecule is Cn1nc(C(F)(F)F)cc1[B-](F)(F)F.[K+]. The molecule has 2 nitrogen and oxygen atoms in total. The molecule has 0 saturated heterocycles. The summed E-state index contributed by atoms with van der Waals surface area (Å²) in [5.41, 5.74) is -2.90. The molecule has 0 aliphatic carbocycles. The Labute approximate surface area is 123 Å². The third-order valence-electron chi connectivity index (χ3n) is 1.54. The predicted molar refractivity (Wildman–Crippen MR) is 36.9 cm³/mol. The summed E-state index contributed by atoms with van der Waals surface area (Å²) in [4.78, 5) is 0. The minimum absolute atomic E-state index is 0. The van der Waals surface area contributed by atoms with Crippen molar-refractivity contribution in [2.24, 2.45) is 7.05 Å². The summed E-state index contributed by atoms with van der Waals surface area (Å²) in [6.45, 7) is -5.46. The van der Waals surface area contributed by atoms with Gasteiger partial charge in [0.25, 0.3) is 0 Å². The van der Waals surface area contributed by atoms with Crippen molar-refractivity contribution in [2.75, 3.05) is 0 Å². The van der Waals surface area contributed by atoms with Crippen molar-refractivity contribution in [3.8, 4) is 0 Å². The summed E-state index contributed by atoms with van der Waals surface area (Å²) >= 11 is 0. The van der Waals surface area contributed by atoms with Crippen molar-refractivity contribution in [2.45, 2.75) is 6.18 Å². The molecule has 0 N–H and O–H groups in total. The molecule has 0 radical (unpaired) electrons. The smallest absolute Gasteiger partial charge is 0.444 e. The molecule has 80 valence electrons. The second kappa shape index (κ2) is 4.78. The van der Waals surface area contributed by atoms with Gasteiger partial charge < -0.3 is 17.6 Å². The first-order valence-corrected chi connectivity index (χ1v) is 3.43. The Kier molecular flexibility index (Phi) is 4.94. The van der Waals surface area contributed by atoms with Crippen molar-refractivity contribution < 1.29 is 77.5 Å². The molecule has 0 amide bonds. The number of aryl methyl sites for hydroxylation is 1. The van der Waals surface area contributed by atoms with Crippen LogP contribution >= 0.6 is 0 Å². The molecule has 1 heterocycles. The van der Waals surface area contributed by atoms with Gasteiger partial charge in [0.1, 0.15) is 0 Å².